The summed E-state index contributed by atoms with van der Waals surface area (Å²) in [5.41, 5.74) is -0.0467. The first-order valence-corrected chi connectivity index (χ1v) is 15.7. The summed E-state index contributed by atoms with van der Waals surface area (Å²) >= 11 is 0. The van der Waals surface area contributed by atoms with Crippen LogP contribution in [0.1, 0.15) is 97.5 Å². The lowest BCUT2D eigenvalue weighted by atomic mass is 9.63. The third kappa shape index (κ3) is 6.14. The molecule has 0 spiro atoms. The van der Waals surface area contributed by atoms with E-state index in [0.717, 1.165) is 25.5 Å². The molecule has 0 bridgehead atoms. The molecule has 3 aliphatic heterocycles. The Balaban J connectivity index is 1.36. The Hall–Kier alpha value is -2.22. The van der Waals surface area contributed by atoms with Gasteiger partial charge in [0.1, 0.15) is 18.2 Å². The maximum atomic E-state index is 15.1. The van der Waals surface area contributed by atoms with Crippen molar-refractivity contribution >= 4 is 12.0 Å². The van der Waals surface area contributed by atoms with Crippen LogP contribution in [0.5, 0.6) is 0 Å². The second kappa shape index (κ2) is 11.5. The van der Waals surface area contributed by atoms with Gasteiger partial charge in [0.25, 0.3) is 0 Å². The van der Waals surface area contributed by atoms with Gasteiger partial charge in [-0.2, -0.15) is 0 Å². The minimum Gasteiger partial charge on any atom is -0.447 e. The summed E-state index contributed by atoms with van der Waals surface area (Å²) in [6.07, 6.45) is 8.21. The van der Waals surface area contributed by atoms with Gasteiger partial charge in [0.05, 0.1) is 5.54 Å². The molecule has 0 N–H and O–H groups in total. The van der Waals surface area contributed by atoms with Crippen molar-refractivity contribution in [1.29, 1.82) is 0 Å². The second-order valence-corrected chi connectivity index (χ2v) is 14.8. The topological polar surface area (TPSA) is 53.1 Å². The zero-order valence-corrected chi connectivity index (χ0v) is 25.7. The van der Waals surface area contributed by atoms with Crippen molar-refractivity contribution in [3.05, 3.63) is 35.4 Å². The predicted molar refractivity (Wildman–Crippen MR) is 155 cm³/mol. The van der Waals surface area contributed by atoms with Crippen molar-refractivity contribution in [3.63, 3.8) is 0 Å². The highest BCUT2D eigenvalue weighted by molar-refractivity contribution is 5.80. The molecule has 1 unspecified atom stereocenters. The van der Waals surface area contributed by atoms with Gasteiger partial charge in [0, 0.05) is 49.6 Å². The van der Waals surface area contributed by atoms with E-state index in [4.69, 9.17) is 4.74 Å². The molecule has 1 aromatic rings. The highest BCUT2D eigenvalue weighted by atomic mass is 19.1. The van der Waals surface area contributed by atoms with Crippen molar-refractivity contribution in [2.24, 2.45) is 17.3 Å². The zero-order valence-electron chi connectivity index (χ0n) is 25.7. The van der Waals surface area contributed by atoms with Crippen LogP contribution in [0, 0.1) is 28.9 Å². The van der Waals surface area contributed by atoms with E-state index >= 15 is 4.39 Å². The Morgan fingerprint density at radius 2 is 1.71 bits per heavy atom. The van der Waals surface area contributed by atoms with Gasteiger partial charge in [0.15, 0.2) is 0 Å². The number of carbonyl (C=O) groups excluding carboxylic acids is 2. The fraction of sp³-hybridized carbons (Fsp3) is 0.758. The van der Waals surface area contributed by atoms with Crippen LogP contribution >= 0.6 is 0 Å². The summed E-state index contributed by atoms with van der Waals surface area (Å²) in [5.74, 6) is -1.22. The van der Waals surface area contributed by atoms with Gasteiger partial charge >= 0.3 is 6.09 Å². The number of ether oxygens (including phenoxy) is 1. The predicted octanol–water partition coefficient (Wildman–Crippen LogP) is 6.59. The number of likely N-dealkylation sites (tertiary alicyclic amines) is 2. The summed E-state index contributed by atoms with van der Waals surface area (Å²) in [5, 5.41) is 0. The van der Waals surface area contributed by atoms with Crippen LogP contribution in [0.2, 0.25) is 0 Å². The van der Waals surface area contributed by atoms with E-state index in [1.165, 1.54) is 44.2 Å². The molecule has 2 amide bonds. The van der Waals surface area contributed by atoms with E-state index in [0.29, 0.717) is 50.7 Å². The average Bonchev–Trinajstić information content (AvgIpc) is 3.19. The van der Waals surface area contributed by atoms with Gasteiger partial charge < -0.3 is 9.64 Å². The van der Waals surface area contributed by atoms with Crippen molar-refractivity contribution in [2.45, 2.75) is 103 Å². The van der Waals surface area contributed by atoms with E-state index in [-0.39, 0.29) is 40.3 Å². The minimum absolute atomic E-state index is 0.0318. The number of halogens is 2. The molecule has 8 heteroatoms. The first-order chi connectivity index (χ1) is 19.3. The molecule has 4 fully saturated rings. The van der Waals surface area contributed by atoms with Gasteiger partial charge in [-0.15, -0.1) is 0 Å². The number of hydrogen-bond donors (Lipinski definition) is 0. The van der Waals surface area contributed by atoms with Crippen LogP contribution < -0.4 is 0 Å². The van der Waals surface area contributed by atoms with Crippen molar-refractivity contribution in [2.75, 3.05) is 39.3 Å². The van der Waals surface area contributed by atoms with E-state index in [1.807, 2.05) is 9.80 Å². The quantitative estimate of drug-likeness (QED) is 0.399. The number of rotatable bonds is 5. The lowest BCUT2D eigenvalue weighted by Crippen LogP contribution is -2.57. The Morgan fingerprint density at radius 3 is 2.29 bits per heavy atom. The number of nitrogens with zero attached hydrogens (tertiary/aromatic N) is 3. The third-order valence-corrected chi connectivity index (χ3v) is 10.8. The second-order valence-electron chi connectivity index (χ2n) is 14.8. The van der Waals surface area contributed by atoms with E-state index in [2.05, 4.69) is 39.5 Å². The van der Waals surface area contributed by atoms with Gasteiger partial charge in [-0.05, 0) is 96.2 Å². The van der Waals surface area contributed by atoms with Crippen molar-refractivity contribution in [1.82, 2.24) is 14.7 Å². The molecule has 2 atom stereocenters. The van der Waals surface area contributed by atoms with Gasteiger partial charge in [-0.1, -0.05) is 25.3 Å². The van der Waals surface area contributed by atoms with Gasteiger partial charge in [-0.25, -0.2) is 13.6 Å². The van der Waals surface area contributed by atoms with Crippen LogP contribution in [0.4, 0.5) is 13.6 Å². The summed E-state index contributed by atoms with van der Waals surface area (Å²) in [7, 11) is 0. The first-order valence-electron chi connectivity index (χ1n) is 15.7. The number of cyclic esters (lactones) is 1. The van der Waals surface area contributed by atoms with E-state index in [1.54, 1.807) is 0 Å². The van der Waals surface area contributed by atoms with Crippen molar-refractivity contribution < 1.29 is 23.1 Å². The van der Waals surface area contributed by atoms with Crippen LogP contribution in [0.3, 0.4) is 0 Å². The lowest BCUT2D eigenvalue weighted by molar-refractivity contribution is -0.142. The molecule has 1 saturated carbocycles. The molecule has 1 aliphatic carbocycles. The van der Waals surface area contributed by atoms with Crippen LogP contribution in [0.15, 0.2) is 18.2 Å². The van der Waals surface area contributed by atoms with Gasteiger partial charge in [-0.3, -0.25) is 14.6 Å². The maximum absolute atomic E-state index is 15.1. The molecular weight excluding hydrogens is 524 g/mol. The Morgan fingerprint density at radius 1 is 1.02 bits per heavy atom. The van der Waals surface area contributed by atoms with Crippen LogP contribution in [-0.2, 0) is 9.53 Å². The molecule has 1 aromatic carbocycles. The monoisotopic (exact) mass is 573 g/mol. The molecule has 4 aliphatic rings. The standard InChI is InChI=1S/C33H49F2N3O3/c1-31(2,3)37-16-13-26(27(20-37)25-12-11-24(34)19-28(25)35)29(39)36-17-14-33(15-18-36,23-9-7-6-8-10-23)21-38-30(40)41-22-32(38,4)5/h11-12,19,23,26-27H,6-10,13-18,20-22H2,1-5H3/t26?,27-/m0/s1. The third-order valence-electron chi connectivity index (χ3n) is 10.8. The molecule has 3 heterocycles. The summed E-state index contributed by atoms with van der Waals surface area (Å²) < 4.78 is 34.4. The molecule has 5 rings (SSSR count). The van der Waals surface area contributed by atoms with E-state index < -0.39 is 11.6 Å². The average molecular weight is 574 g/mol. The summed E-state index contributed by atoms with van der Waals surface area (Å²) in [6.45, 7) is 14.3. The van der Waals surface area contributed by atoms with Crippen molar-refractivity contribution in [3.8, 4) is 0 Å². The first kappa shape index (κ1) is 30.2. The zero-order chi connectivity index (χ0) is 29.6. The fourth-order valence-electron chi connectivity index (χ4n) is 8.03. The number of amides is 2. The van der Waals surface area contributed by atoms with Crippen LogP contribution in [-0.4, -0.2) is 77.1 Å². The minimum atomic E-state index is -0.599. The summed E-state index contributed by atoms with van der Waals surface area (Å²) in [4.78, 5) is 33.2. The summed E-state index contributed by atoms with van der Waals surface area (Å²) in [6, 6.07) is 3.78. The highest BCUT2D eigenvalue weighted by Crippen LogP contribution is 2.48. The molecule has 228 valence electrons. The normalized spacial score (nSPS) is 27.6. The number of benzene rings is 1. The molecule has 0 aromatic heterocycles. The maximum Gasteiger partial charge on any atom is 0.410 e. The largest absolute Gasteiger partial charge is 0.447 e. The number of carbonyl (C=O) groups is 2. The molecule has 41 heavy (non-hydrogen) atoms. The number of piperidine rings is 2. The van der Waals surface area contributed by atoms with E-state index in [9.17, 15) is 14.0 Å². The molecule has 3 saturated heterocycles. The smallest absolute Gasteiger partial charge is 0.410 e. The molecular formula is C33H49F2N3O3. The Kier molecular flexibility index (Phi) is 8.45. The van der Waals surface area contributed by atoms with Crippen LogP contribution in [0.25, 0.3) is 0 Å². The Labute approximate surface area is 244 Å². The Bertz CT molecular complexity index is 1120. The SMILES string of the molecule is CC(C)(C)N1CCC(C(=O)N2CCC(CN3C(=O)OCC3(C)C)(C3CCCCC3)CC2)[C@H](c2ccc(F)cc2F)C1. The fourth-order valence-corrected chi connectivity index (χ4v) is 8.03. The number of hydrogen-bond acceptors (Lipinski definition) is 4. The lowest BCUT2D eigenvalue weighted by Gasteiger charge is -2.51. The molecule has 0 radical (unpaired) electrons. The van der Waals surface area contributed by atoms with Gasteiger partial charge in [0.2, 0.25) is 5.91 Å². The molecule has 6 nitrogen and oxygen atoms in total. The highest BCUT2D eigenvalue weighted by Gasteiger charge is 2.50.